The van der Waals surface area contributed by atoms with Crippen LogP contribution >= 0.6 is 0 Å². The first-order valence-corrected chi connectivity index (χ1v) is 10.9. The highest BCUT2D eigenvalue weighted by atomic mass is 16.5. The van der Waals surface area contributed by atoms with E-state index >= 15 is 0 Å². The number of aromatic nitrogens is 1. The fourth-order valence-corrected chi connectivity index (χ4v) is 4.89. The van der Waals surface area contributed by atoms with Gasteiger partial charge in [-0.05, 0) is 45.6 Å². The zero-order valence-electron chi connectivity index (χ0n) is 18.1. The van der Waals surface area contributed by atoms with E-state index in [1.165, 1.54) is 0 Å². The molecule has 0 radical (unpaired) electrons. The number of carbonyl (C=O) groups is 4. The number of imide groups is 1. The number of nitrogens with one attached hydrogen (secondary N) is 1. The summed E-state index contributed by atoms with van der Waals surface area (Å²) in [6.45, 7) is 4.34. The monoisotopic (exact) mass is 431 g/mol. The normalized spacial score (nSPS) is 22.4. The Morgan fingerprint density at radius 3 is 2.65 bits per heavy atom. The Kier molecular flexibility index (Phi) is 5.88. The van der Waals surface area contributed by atoms with Crippen molar-refractivity contribution in [3.05, 3.63) is 23.0 Å². The molecule has 3 amide bonds. The van der Waals surface area contributed by atoms with Gasteiger partial charge in [0, 0.05) is 30.1 Å². The van der Waals surface area contributed by atoms with Gasteiger partial charge in [-0.3, -0.25) is 19.3 Å². The molecule has 3 aliphatic rings. The van der Waals surface area contributed by atoms with Gasteiger partial charge < -0.3 is 19.4 Å². The molecule has 168 valence electrons. The molecule has 9 heteroatoms. The molecular weight excluding hydrogens is 402 g/mol. The largest absolute Gasteiger partial charge is 0.456 e. The molecule has 1 spiro atoms. The molecule has 1 aliphatic carbocycles. The Hall–Kier alpha value is -2.68. The van der Waals surface area contributed by atoms with E-state index in [9.17, 15) is 19.2 Å². The van der Waals surface area contributed by atoms with Gasteiger partial charge in [-0.1, -0.05) is 12.8 Å². The zero-order chi connectivity index (χ0) is 22.2. The molecule has 3 fully saturated rings. The number of hydrogen-bond donors (Lipinski definition) is 1. The third kappa shape index (κ3) is 4.11. The van der Waals surface area contributed by atoms with E-state index in [-0.39, 0.29) is 17.8 Å². The van der Waals surface area contributed by atoms with Crippen LogP contribution in [0.1, 0.15) is 60.3 Å². The lowest BCUT2D eigenvalue weighted by Gasteiger charge is -2.19. The smallest absolute Gasteiger partial charge is 0.326 e. The number of ether oxygens (including phenoxy) is 2. The first kappa shape index (κ1) is 21.5. The number of amides is 3. The maximum absolute atomic E-state index is 12.7. The standard InChI is InChI=1S/C22H29N3O6/c1-14-10-17(15(2)24(14)11-16-6-5-9-30-16)18(26)13-31-19(27)12-25-20(28)22(23-21(25)29)7-3-4-8-22/h10,16H,3-9,11-13H2,1-2H3,(H,23,29). The highest BCUT2D eigenvalue weighted by Gasteiger charge is 2.52. The molecule has 1 atom stereocenters. The van der Waals surface area contributed by atoms with Gasteiger partial charge in [0.05, 0.1) is 6.10 Å². The van der Waals surface area contributed by atoms with Crippen molar-refractivity contribution in [2.45, 2.75) is 70.6 Å². The summed E-state index contributed by atoms with van der Waals surface area (Å²) in [6, 6.07) is 1.22. The minimum atomic E-state index is -0.867. The van der Waals surface area contributed by atoms with Crippen LogP contribution < -0.4 is 5.32 Å². The van der Waals surface area contributed by atoms with Gasteiger partial charge in [0.1, 0.15) is 12.1 Å². The van der Waals surface area contributed by atoms with E-state index in [2.05, 4.69) is 9.88 Å². The first-order chi connectivity index (χ1) is 14.8. The van der Waals surface area contributed by atoms with Crippen LogP contribution in [-0.2, 0) is 25.6 Å². The van der Waals surface area contributed by atoms with Crippen molar-refractivity contribution in [2.24, 2.45) is 0 Å². The second-order valence-electron chi connectivity index (χ2n) is 8.72. The third-order valence-electron chi connectivity index (χ3n) is 6.64. The molecule has 1 aromatic rings. The molecule has 1 N–H and O–H groups in total. The number of esters is 1. The lowest BCUT2D eigenvalue weighted by molar-refractivity contribution is -0.146. The van der Waals surface area contributed by atoms with Gasteiger partial charge in [0.15, 0.2) is 6.61 Å². The van der Waals surface area contributed by atoms with E-state index in [4.69, 9.17) is 9.47 Å². The Labute approximate surface area is 181 Å². The number of ketones is 1. The van der Waals surface area contributed by atoms with Crippen LogP contribution in [0.15, 0.2) is 6.07 Å². The Morgan fingerprint density at radius 2 is 1.97 bits per heavy atom. The molecule has 4 rings (SSSR count). The predicted octanol–water partition coefficient (Wildman–Crippen LogP) is 1.87. The number of Topliss-reactive ketones (excluding diaryl/α,β-unsaturated/α-hetero) is 1. The molecule has 1 saturated carbocycles. The van der Waals surface area contributed by atoms with Crippen molar-refractivity contribution in [3.8, 4) is 0 Å². The van der Waals surface area contributed by atoms with Crippen LogP contribution in [0.25, 0.3) is 0 Å². The second kappa shape index (κ2) is 8.45. The molecule has 31 heavy (non-hydrogen) atoms. The number of urea groups is 1. The maximum Gasteiger partial charge on any atom is 0.326 e. The molecule has 2 aliphatic heterocycles. The summed E-state index contributed by atoms with van der Waals surface area (Å²) in [6.07, 6.45) is 5.10. The van der Waals surface area contributed by atoms with Gasteiger partial charge in [-0.25, -0.2) is 4.79 Å². The van der Waals surface area contributed by atoms with Crippen molar-refractivity contribution < 1.29 is 28.7 Å². The molecule has 0 aromatic carbocycles. The van der Waals surface area contributed by atoms with E-state index in [0.717, 1.165) is 48.6 Å². The van der Waals surface area contributed by atoms with Crippen molar-refractivity contribution in [2.75, 3.05) is 19.8 Å². The molecule has 3 heterocycles. The molecular formula is C22H29N3O6. The summed E-state index contributed by atoms with van der Waals surface area (Å²) >= 11 is 0. The summed E-state index contributed by atoms with van der Waals surface area (Å²) in [5.74, 6) is -1.47. The highest BCUT2D eigenvalue weighted by Crippen LogP contribution is 2.34. The molecule has 9 nitrogen and oxygen atoms in total. The number of hydrogen-bond acceptors (Lipinski definition) is 6. The van der Waals surface area contributed by atoms with Crippen LogP contribution in [0.3, 0.4) is 0 Å². The lowest BCUT2D eigenvalue weighted by Crippen LogP contribution is -2.44. The third-order valence-corrected chi connectivity index (χ3v) is 6.64. The zero-order valence-corrected chi connectivity index (χ0v) is 18.1. The van der Waals surface area contributed by atoms with Crippen molar-refractivity contribution in [3.63, 3.8) is 0 Å². The summed E-state index contributed by atoms with van der Waals surface area (Å²) in [5.41, 5.74) is 1.40. The van der Waals surface area contributed by atoms with Crippen LogP contribution in [0, 0.1) is 13.8 Å². The second-order valence-corrected chi connectivity index (χ2v) is 8.72. The number of rotatable bonds is 7. The Morgan fingerprint density at radius 1 is 1.23 bits per heavy atom. The molecule has 2 saturated heterocycles. The van der Waals surface area contributed by atoms with Crippen molar-refractivity contribution in [1.29, 1.82) is 0 Å². The predicted molar refractivity (Wildman–Crippen MR) is 110 cm³/mol. The first-order valence-electron chi connectivity index (χ1n) is 10.9. The number of aryl methyl sites for hydroxylation is 1. The Balaban J connectivity index is 1.33. The Bertz CT molecular complexity index is 909. The van der Waals surface area contributed by atoms with Gasteiger partial charge in [-0.2, -0.15) is 0 Å². The minimum Gasteiger partial charge on any atom is -0.456 e. The van der Waals surface area contributed by atoms with Gasteiger partial charge in [0.2, 0.25) is 5.78 Å². The fraction of sp³-hybridized carbons (Fsp3) is 0.636. The molecule has 1 unspecified atom stereocenters. The van der Waals surface area contributed by atoms with Crippen molar-refractivity contribution in [1.82, 2.24) is 14.8 Å². The topological polar surface area (TPSA) is 107 Å². The van der Waals surface area contributed by atoms with Gasteiger partial charge in [0.25, 0.3) is 5.91 Å². The minimum absolute atomic E-state index is 0.151. The SMILES string of the molecule is Cc1cc(C(=O)COC(=O)CN2C(=O)NC3(CCCC3)C2=O)c(C)n1CC1CCCO1. The van der Waals surface area contributed by atoms with Crippen LogP contribution in [-0.4, -0.2) is 64.6 Å². The summed E-state index contributed by atoms with van der Waals surface area (Å²) in [7, 11) is 0. The van der Waals surface area contributed by atoms with Gasteiger partial charge in [-0.15, -0.1) is 0 Å². The average molecular weight is 431 g/mol. The fourth-order valence-electron chi connectivity index (χ4n) is 4.89. The summed E-state index contributed by atoms with van der Waals surface area (Å²) in [4.78, 5) is 50.6. The van der Waals surface area contributed by atoms with E-state index in [1.807, 2.05) is 13.8 Å². The quantitative estimate of drug-likeness (QED) is 0.401. The average Bonchev–Trinajstić information content (AvgIpc) is 3.51. The summed E-state index contributed by atoms with van der Waals surface area (Å²) in [5, 5.41) is 2.72. The highest BCUT2D eigenvalue weighted by molar-refractivity contribution is 6.09. The van der Waals surface area contributed by atoms with Crippen molar-refractivity contribution >= 4 is 23.7 Å². The van der Waals surface area contributed by atoms with E-state index in [0.29, 0.717) is 24.9 Å². The summed E-state index contributed by atoms with van der Waals surface area (Å²) < 4.78 is 12.9. The van der Waals surface area contributed by atoms with Crippen LogP contribution in [0.2, 0.25) is 0 Å². The number of carbonyl (C=O) groups excluding carboxylic acids is 4. The van der Waals surface area contributed by atoms with Crippen LogP contribution in [0.4, 0.5) is 4.79 Å². The number of nitrogens with zero attached hydrogens (tertiary/aromatic N) is 2. The molecule has 0 bridgehead atoms. The lowest BCUT2D eigenvalue weighted by atomic mass is 9.98. The molecule has 1 aromatic heterocycles. The van der Waals surface area contributed by atoms with Gasteiger partial charge >= 0.3 is 12.0 Å². The maximum atomic E-state index is 12.7. The van der Waals surface area contributed by atoms with E-state index in [1.54, 1.807) is 6.07 Å². The van der Waals surface area contributed by atoms with Crippen LogP contribution in [0.5, 0.6) is 0 Å². The van der Waals surface area contributed by atoms with E-state index < -0.39 is 30.7 Å².